The lowest BCUT2D eigenvalue weighted by Crippen LogP contribution is -2.52. The number of hydrogen-bond donors (Lipinski definition) is 1. The number of nitrogens with one attached hydrogen (secondary N) is 1. The summed E-state index contributed by atoms with van der Waals surface area (Å²) in [6.45, 7) is 2.61. The summed E-state index contributed by atoms with van der Waals surface area (Å²) in [5, 5.41) is 3.06. The zero-order valence-corrected chi connectivity index (χ0v) is 9.52. The molecule has 90 valence electrons. The SMILES string of the molecule is O=CN1CCN(C(=O)NC2CCCC2)CC1. The fourth-order valence-corrected chi connectivity index (χ4v) is 2.37. The van der Waals surface area contributed by atoms with Gasteiger partial charge in [-0.3, -0.25) is 4.79 Å². The van der Waals surface area contributed by atoms with Crippen LogP contribution in [0.3, 0.4) is 0 Å². The molecule has 0 aromatic heterocycles. The van der Waals surface area contributed by atoms with Crippen molar-refractivity contribution in [1.29, 1.82) is 0 Å². The van der Waals surface area contributed by atoms with Gasteiger partial charge in [-0.1, -0.05) is 12.8 Å². The maximum absolute atomic E-state index is 11.9. The molecule has 1 aliphatic carbocycles. The Morgan fingerprint density at radius 2 is 1.75 bits per heavy atom. The van der Waals surface area contributed by atoms with E-state index in [0.717, 1.165) is 19.3 Å². The largest absolute Gasteiger partial charge is 0.342 e. The van der Waals surface area contributed by atoms with Crippen molar-refractivity contribution in [2.75, 3.05) is 26.2 Å². The van der Waals surface area contributed by atoms with Crippen molar-refractivity contribution >= 4 is 12.4 Å². The third-order valence-corrected chi connectivity index (χ3v) is 3.43. The van der Waals surface area contributed by atoms with Gasteiger partial charge in [-0.15, -0.1) is 0 Å². The van der Waals surface area contributed by atoms with Crippen molar-refractivity contribution in [1.82, 2.24) is 15.1 Å². The Morgan fingerprint density at radius 1 is 1.12 bits per heavy atom. The molecule has 1 saturated carbocycles. The topological polar surface area (TPSA) is 52.7 Å². The van der Waals surface area contributed by atoms with E-state index < -0.39 is 0 Å². The van der Waals surface area contributed by atoms with Crippen LogP contribution in [0.2, 0.25) is 0 Å². The quantitative estimate of drug-likeness (QED) is 0.692. The third-order valence-electron chi connectivity index (χ3n) is 3.43. The number of amides is 3. The van der Waals surface area contributed by atoms with E-state index in [1.54, 1.807) is 9.80 Å². The molecule has 1 saturated heterocycles. The fraction of sp³-hybridized carbons (Fsp3) is 0.818. The van der Waals surface area contributed by atoms with Crippen LogP contribution in [-0.4, -0.2) is 54.5 Å². The first-order valence-electron chi connectivity index (χ1n) is 6.04. The van der Waals surface area contributed by atoms with Gasteiger partial charge in [0.2, 0.25) is 6.41 Å². The predicted molar refractivity (Wildman–Crippen MR) is 60.0 cm³/mol. The molecule has 2 rings (SSSR count). The van der Waals surface area contributed by atoms with E-state index in [4.69, 9.17) is 0 Å². The summed E-state index contributed by atoms with van der Waals surface area (Å²) in [7, 11) is 0. The highest BCUT2D eigenvalue weighted by Gasteiger charge is 2.23. The molecule has 0 aromatic rings. The van der Waals surface area contributed by atoms with Gasteiger partial charge in [0, 0.05) is 32.2 Å². The lowest BCUT2D eigenvalue weighted by atomic mass is 10.2. The summed E-state index contributed by atoms with van der Waals surface area (Å²) in [4.78, 5) is 25.9. The van der Waals surface area contributed by atoms with Crippen molar-refractivity contribution in [3.63, 3.8) is 0 Å². The first-order valence-corrected chi connectivity index (χ1v) is 6.04. The monoisotopic (exact) mass is 225 g/mol. The van der Waals surface area contributed by atoms with Gasteiger partial charge in [-0.2, -0.15) is 0 Å². The number of urea groups is 1. The molecule has 0 radical (unpaired) electrons. The van der Waals surface area contributed by atoms with Gasteiger partial charge in [-0.25, -0.2) is 4.79 Å². The van der Waals surface area contributed by atoms with Crippen LogP contribution in [0.1, 0.15) is 25.7 Å². The Hall–Kier alpha value is -1.26. The highest BCUT2D eigenvalue weighted by atomic mass is 16.2. The molecule has 1 N–H and O–H groups in total. The molecule has 0 aromatic carbocycles. The highest BCUT2D eigenvalue weighted by Crippen LogP contribution is 2.17. The van der Waals surface area contributed by atoms with Gasteiger partial charge < -0.3 is 15.1 Å². The Kier molecular flexibility index (Phi) is 3.64. The molecule has 1 aliphatic heterocycles. The molecule has 0 atom stereocenters. The Morgan fingerprint density at radius 3 is 2.31 bits per heavy atom. The molecular weight excluding hydrogens is 206 g/mol. The molecule has 0 spiro atoms. The van der Waals surface area contributed by atoms with Crippen molar-refractivity contribution in [2.45, 2.75) is 31.7 Å². The third kappa shape index (κ3) is 2.65. The van der Waals surface area contributed by atoms with E-state index in [1.165, 1.54) is 12.8 Å². The van der Waals surface area contributed by atoms with Gasteiger partial charge in [-0.05, 0) is 12.8 Å². The maximum atomic E-state index is 11.9. The number of nitrogens with zero attached hydrogens (tertiary/aromatic N) is 2. The van der Waals surface area contributed by atoms with Crippen molar-refractivity contribution in [3.05, 3.63) is 0 Å². The van der Waals surface area contributed by atoms with E-state index in [2.05, 4.69) is 5.32 Å². The van der Waals surface area contributed by atoms with Crippen molar-refractivity contribution in [3.8, 4) is 0 Å². The Labute approximate surface area is 95.8 Å². The number of carbonyl (C=O) groups excluding carboxylic acids is 2. The molecule has 0 bridgehead atoms. The van der Waals surface area contributed by atoms with Crippen LogP contribution in [0.5, 0.6) is 0 Å². The van der Waals surface area contributed by atoms with E-state index in [-0.39, 0.29) is 6.03 Å². The van der Waals surface area contributed by atoms with Crippen molar-refractivity contribution in [2.24, 2.45) is 0 Å². The molecule has 1 heterocycles. The van der Waals surface area contributed by atoms with E-state index >= 15 is 0 Å². The standard InChI is InChI=1S/C11H19N3O2/c15-9-13-5-7-14(8-6-13)11(16)12-10-3-1-2-4-10/h9-10H,1-8H2,(H,12,16). The van der Waals surface area contributed by atoms with Crippen LogP contribution >= 0.6 is 0 Å². The van der Waals surface area contributed by atoms with Gasteiger partial charge in [0.1, 0.15) is 0 Å². The number of rotatable bonds is 2. The smallest absolute Gasteiger partial charge is 0.317 e. The van der Waals surface area contributed by atoms with Gasteiger partial charge in [0.05, 0.1) is 0 Å². The summed E-state index contributed by atoms with van der Waals surface area (Å²) in [6.07, 6.45) is 5.53. The molecule has 5 nitrogen and oxygen atoms in total. The van der Waals surface area contributed by atoms with Crippen LogP contribution in [-0.2, 0) is 4.79 Å². The van der Waals surface area contributed by atoms with Crippen LogP contribution in [0.15, 0.2) is 0 Å². The van der Waals surface area contributed by atoms with E-state index in [1.807, 2.05) is 0 Å². The molecule has 2 aliphatic rings. The number of hydrogen-bond acceptors (Lipinski definition) is 2. The predicted octanol–water partition coefficient (Wildman–Crippen LogP) is 0.413. The van der Waals surface area contributed by atoms with E-state index in [0.29, 0.717) is 32.2 Å². The summed E-state index contributed by atoms with van der Waals surface area (Å²) in [5.74, 6) is 0. The van der Waals surface area contributed by atoms with Gasteiger partial charge in [0.15, 0.2) is 0 Å². The number of piperazine rings is 1. The van der Waals surface area contributed by atoms with Crippen molar-refractivity contribution < 1.29 is 9.59 Å². The normalized spacial score (nSPS) is 22.2. The fourth-order valence-electron chi connectivity index (χ4n) is 2.37. The van der Waals surface area contributed by atoms with Gasteiger partial charge >= 0.3 is 6.03 Å². The van der Waals surface area contributed by atoms with Crippen LogP contribution < -0.4 is 5.32 Å². The average Bonchev–Trinajstić information content (AvgIpc) is 2.82. The Bertz CT molecular complexity index is 256. The summed E-state index contributed by atoms with van der Waals surface area (Å²) in [5.41, 5.74) is 0. The van der Waals surface area contributed by atoms with Crippen LogP contribution in [0.25, 0.3) is 0 Å². The lowest BCUT2D eigenvalue weighted by Gasteiger charge is -2.33. The minimum atomic E-state index is 0.0393. The molecule has 5 heteroatoms. The number of carbonyl (C=O) groups is 2. The minimum absolute atomic E-state index is 0.0393. The molecule has 3 amide bonds. The first kappa shape index (κ1) is 11.2. The second kappa shape index (κ2) is 5.18. The molecular formula is C11H19N3O2. The average molecular weight is 225 g/mol. The minimum Gasteiger partial charge on any atom is -0.342 e. The molecule has 2 fully saturated rings. The summed E-state index contributed by atoms with van der Waals surface area (Å²) >= 11 is 0. The summed E-state index contributed by atoms with van der Waals surface area (Å²) < 4.78 is 0. The Balaban J connectivity index is 1.75. The van der Waals surface area contributed by atoms with E-state index in [9.17, 15) is 9.59 Å². The second-order valence-corrected chi connectivity index (χ2v) is 4.56. The second-order valence-electron chi connectivity index (χ2n) is 4.56. The zero-order valence-electron chi connectivity index (χ0n) is 9.52. The van der Waals surface area contributed by atoms with Gasteiger partial charge in [0.25, 0.3) is 0 Å². The maximum Gasteiger partial charge on any atom is 0.317 e. The van der Waals surface area contributed by atoms with Crippen LogP contribution in [0, 0.1) is 0 Å². The molecule has 0 unspecified atom stereocenters. The lowest BCUT2D eigenvalue weighted by molar-refractivity contribution is -0.119. The summed E-state index contributed by atoms with van der Waals surface area (Å²) in [6, 6.07) is 0.411. The highest BCUT2D eigenvalue weighted by molar-refractivity contribution is 5.74. The zero-order chi connectivity index (χ0) is 11.4. The molecule has 16 heavy (non-hydrogen) atoms. The first-order chi connectivity index (χ1) is 7.79. The van der Waals surface area contributed by atoms with Crippen LogP contribution in [0.4, 0.5) is 4.79 Å².